The van der Waals surface area contributed by atoms with Crippen LogP contribution in [-0.2, 0) is 20.9 Å². The smallest absolute Gasteiger partial charge is 0.243 e. The van der Waals surface area contributed by atoms with Gasteiger partial charge in [-0.05, 0) is 74.6 Å². The molecule has 72 heavy (non-hydrogen) atoms. The normalized spacial score (nSPS) is 19.1. The minimum absolute atomic E-state index is 0.0812. The van der Waals surface area contributed by atoms with E-state index in [0.717, 1.165) is 85.9 Å². The summed E-state index contributed by atoms with van der Waals surface area (Å²) in [4.78, 5) is 53.6. The third-order valence-corrected chi connectivity index (χ3v) is 15.6. The Kier molecular flexibility index (Phi) is 14.4. The van der Waals surface area contributed by atoms with Crippen LogP contribution in [0.1, 0.15) is 81.9 Å². The molecule has 2 amide bonds. The molecule has 0 saturated carbocycles. The molecule has 5 aromatic heterocycles. The van der Waals surface area contributed by atoms with Crippen LogP contribution in [0, 0.1) is 18.8 Å². The number of aromatic nitrogens is 7. The van der Waals surface area contributed by atoms with Crippen molar-refractivity contribution in [3.63, 3.8) is 0 Å². The number of nitrogens with one attached hydrogen (secondary N) is 1. The third-order valence-electron chi connectivity index (χ3n) is 14.7. The largest absolute Gasteiger partial charge is 0.507 e. The SMILES string of the molecule is Cc1ncsc1-c1ccc([C@H](C)NC(=O)[C@@H]2C[C@@H](O)CN2C(=O)[C@@H](c2cc(N3CCC(CN4CCC(OCCn5cnc(-c6cn7cc(-c8ccccc8O)nc7nc6N)c5)CC4)CC3)no2)C(C)C)cc1. The lowest BCUT2D eigenvalue weighted by Gasteiger charge is -2.37. The van der Waals surface area contributed by atoms with Crippen LogP contribution in [0.15, 0.2) is 89.5 Å². The number of hydrogen-bond donors (Lipinski definition) is 4. The van der Waals surface area contributed by atoms with Crippen molar-refractivity contribution in [1.29, 1.82) is 0 Å². The standard InChI is InChI=1S/C53H64N12O6S/c1-32(2)48(52(69)65-26-38(66)23-44(65)51(68)57-33(3)36-9-11-37(12-10-36)49-34(4)56-31-72-49)46-24-47(60-71-46)63-19-13-35(14-20-63)25-61-17-15-39(16-18-61)70-22-21-62-28-42(55-30-62)41-27-64-29-43(58-53(64)59-50(41)54)40-7-5-6-8-45(40)67/h5-12,24,27-33,35,38-39,44,48,66-67H,13-23,25-26H2,1-4H3,(H,57,68)(H2,54,58,59)/t33-,38+,44-,48+/m0/s1. The third kappa shape index (κ3) is 10.6. The molecule has 0 bridgehead atoms. The molecule has 0 spiro atoms. The van der Waals surface area contributed by atoms with E-state index in [-0.39, 0.29) is 48.6 Å². The highest BCUT2D eigenvalue weighted by Gasteiger charge is 2.44. The van der Waals surface area contributed by atoms with Crippen LogP contribution in [0.4, 0.5) is 11.6 Å². The molecular weight excluding hydrogens is 933 g/mol. The van der Waals surface area contributed by atoms with Gasteiger partial charge >= 0.3 is 0 Å². The molecule has 0 radical (unpaired) electrons. The number of β-amino-alcohol motifs (C(OH)–C–C–N with tert-alkyl or cyclic N) is 1. The number of thiazole rings is 1. The molecule has 7 aromatic rings. The van der Waals surface area contributed by atoms with Crippen molar-refractivity contribution in [3.05, 3.63) is 102 Å². The second kappa shape index (κ2) is 21.2. The number of benzene rings is 2. The van der Waals surface area contributed by atoms with Gasteiger partial charge < -0.3 is 49.8 Å². The zero-order valence-corrected chi connectivity index (χ0v) is 42.1. The van der Waals surface area contributed by atoms with Gasteiger partial charge in [-0.25, -0.2) is 15.0 Å². The predicted octanol–water partition coefficient (Wildman–Crippen LogP) is 6.94. The number of ether oxygens (including phenoxy) is 1. The molecular formula is C53H64N12O6S. The minimum Gasteiger partial charge on any atom is -0.507 e. The molecule has 0 unspecified atom stereocenters. The number of piperidine rings is 2. The maximum Gasteiger partial charge on any atom is 0.243 e. The molecule has 4 atom stereocenters. The number of hydrogen-bond acceptors (Lipinski definition) is 15. The van der Waals surface area contributed by atoms with Gasteiger partial charge in [0.25, 0.3) is 0 Å². The molecule has 8 heterocycles. The number of aryl methyl sites for hydroxylation is 1. The number of anilines is 2. The molecule has 18 nitrogen and oxygen atoms in total. The van der Waals surface area contributed by atoms with Crippen molar-refractivity contribution >= 4 is 40.6 Å². The van der Waals surface area contributed by atoms with Crippen LogP contribution in [0.25, 0.3) is 38.7 Å². The van der Waals surface area contributed by atoms with Crippen LogP contribution < -0.4 is 16.0 Å². The Labute approximate surface area is 422 Å². The number of aromatic hydroxyl groups is 1. The molecule has 3 aliphatic heterocycles. The lowest BCUT2D eigenvalue weighted by Crippen LogP contribution is -2.48. The van der Waals surface area contributed by atoms with E-state index in [0.29, 0.717) is 58.9 Å². The summed E-state index contributed by atoms with van der Waals surface area (Å²) in [6, 6.07) is 15.9. The molecule has 5 N–H and O–H groups in total. The van der Waals surface area contributed by atoms with Gasteiger partial charge in [-0.15, -0.1) is 11.3 Å². The van der Waals surface area contributed by atoms with Crippen LogP contribution in [0.3, 0.4) is 0 Å². The Balaban J connectivity index is 0.661. The molecule has 10 rings (SSSR count). The van der Waals surface area contributed by atoms with Crippen molar-refractivity contribution in [2.75, 3.05) is 56.5 Å². The number of fused-ring (bicyclic) bond motifs is 1. The number of likely N-dealkylation sites (tertiary alicyclic amines) is 2. The lowest BCUT2D eigenvalue weighted by molar-refractivity contribution is -0.141. The number of nitrogens with two attached hydrogens (primary N) is 1. The van der Waals surface area contributed by atoms with Gasteiger partial charge in [-0.1, -0.05) is 55.4 Å². The summed E-state index contributed by atoms with van der Waals surface area (Å²) in [5.41, 5.74) is 13.8. The van der Waals surface area contributed by atoms with Crippen LogP contribution >= 0.6 is 11.3 Å². The number of aliphatic hydroxyl groups is 1. The van der Waals surface area contributed by atoms with E-state index in [4.69, 9.17) is 15.0 Å². The van der Waals surface area contributed by atoms with Crippen molar-refractivity contribution in [2.24, 2.45) is 11.8 Å². The number of imidazole rings is 2. The number of nitrogen functional groups attached to an aromatic ring is 1. The number of carbonyl (C=O) groups is 2. The van der Waals surface area contributed by atoms with E-state index in [2.05, 4.69) is 40.2 Å². The quantitative estimate of drug-likeness (QED) is 0.0771. The van der Waals surface area contributed by atoms with Crippen molar-refractivity contribution < 1.29 is 29.1 Å². The zero-order chi connectivity index (χ0) is 50.0. The number of amides is 2. The van der Waals surface area contributed by atoms with Gasteiger partial charge in [-0.3, -0.25) is 14.0 Å². The molecule has 0 aliphatic carbocycles. The number of aliphatic hydroxyl groups excluding tert-OH is 1. The van der Waals surface area contributed by atoms with Gasteiger partial charge in [0.05, 0.1) is 64.2 Å². The number of para-hydroxylation sites is 1. The summed E-state index contributed by atoms with van der Waals surface area (Å²) in [7, 11) is 0. The fourth-order valence-electron chi connectivity index (χ4n) is 10.6. The summed E-state index contributed by atoms with van der Waals surface area (Å²) < 4.78 is 16.1. The van der Waals surface area contributed by atoms with E-state index in [1.54, 1.807) is 34.2 Å². The molecule has 3 aliphatic rings. The average molecular weight is 997 g/mol. The number of rotatable bonds is 16. The average Bonchev–Trinajstić information content (AvgIpc) is 4.24. The molecule has 3 fully saturated rings. The van der Waals surface area contributed by atoms with Crippen molar-refractivity contribution in [2.45, 2.75) is 96.6 Å². The predicted molar refractivity (Wildman–Crippen MR) is 275 cm³/mol. The Hall–Kier alpha value is -6.67. The van der Waals surface area contributed by atoms with Crippen LogP contribution in [-0.4, -0.2) is 130 Å². The summed E-state index contributed by atoms with van der Waals surface area (Å²) in [5, 5.41) is 28.6. The lowest BCUT2D eigenvalue weighted by atomic mass is 9.91. The second-order valence-corrected chi connectivity index (χ2v) is 20.9. The Bertz CT molecular complexity index is 2990. The van der Waals surface area contributed by atoms with Crippen LogP contribution in [0.5, 0.6) is 5.75 Å². The number of nitrogens with zero attached hydrogens (tertiary/aromatic N) is 10. The Morgan fingerprint density at radius 3 is 2.46 bits per heavy atom. The topological polar surface area (TPSA) is 219 Å². The molecule has 3 saturated heterocycles. The van der Waals surface area contributed by atoms with Crippen molar-refractivity contribution in [1.82, 2.24) is 49.2 Å². The number of phenolic OH excluding ortho intramolecular Hbond substituents is 1. The van der Waals surface area contributed by atoms with E-state index in [1.165, 1.54) is 4.90 Å². The molecule has 2 aromatic carbocycles. The van der Waals surface area contributed by atoms with Gasteiger partial charge in [0.1, 0.15) is 23.5 Å². The maximum atomic E-state index is 14.4. The monoisotopic (exact) mass is 996 g/mol. The summed E-state index contributed by atoms with van der Waals surface area (Å²) in [6.45, 7) is 14.0. The highest BCUT2D eigenvalue weighted by molar-refractivity contribution is 7.13. The summed E-state index contributed by atoms with van der Waals surface area (Å²) in [6.07, 6.45) is 11.1. The van der Waals surface area contributed by atoms with Gasteiger partial charge in [-0.2, -0.15) is 4.98 Å². The first kappa shape index (κ1) is 48.9. The fourth-order valence-corrected chi connectivity index (χ4v) is 11.4. The first-order chi connectivity index (χ1) is 34.8. The Morgan fingerprint density at radius 1 is 0.944 bits per heavy atom. The highest BCUT2D eigenvalue weighted by atomic mass is 32.1. The highest BCUT2D eigenvalue weighted by Crippen LogP contribution is 2.35. The summed E-state index contributed by atoms with van der Waals surface area (Å²) >= 11 is 1.60. The maximum absolute atomic E-state index is 14.4. The zero-order valence-electron chi connectivity index (χ0n) is 41.3. The van der Waals surface area contributed by atoms with E-state index in [9.17, 15) is 19.8 Å². The van der Waals surface area contributed by atoms with Gasteiger partial charge in [0.15, 0.2) is 11.6 Å². The minimum atomic E-state index is -0.804. The molecule has 19 heteroatoms. The summed E-state index contributed by atoms with van der Waals surface area (Å²) in [5.74, 6) is 1.38. The van der Waals surface area contributed by atoms with E-state index in [1.807, 2.05) is 98.8 Å². The first-order valence-electron chi connectivity index (χ1n) is 25.2. The first-order valence-corrected chi connectivity index (χ1v) is 26.0. The van der Waals surface area contributed by atoms with Crippen molar-refractivity contribution in [3.8, 4) is 38.7 Å². The van der Waals surface area contributed by atoms with Crippen LogP contribution in [0.2, 0.25) is 0 Å². The van der Waals surface area contributed by atoms with Gasteiger partial charge in [0.2, 0.25) is 17.6 Å². The Morgan fingerprint density at radius 2 is 1.72 bits per heavy atom. The fraction of sp³-hybridized carbons (Fsp3) is 0.453. The number of carbonyl (C=O) groups excluding carboxylic acids is 2. The number of phenols is 1. The van der Waals surface area contributed by atoms with Gasteiger partial charge in [0, 0.05) is 82.5 Å². The van der Waals surface area contributed by atoms with E-state index < -0.39 is 18.1 Å². The van der Waals surface area contributed by atoms with E-state index >= 15 is 0 Å². The second-order valence-electron chi connectivity index (χ2n) is 20.0. The molecule has 378 valence electrons.